The second kappa shape index (κ2) is 11.4. The van der Waals surface area contributed by atoms with Crippen LogP contribution in [0.5, 0.6) is 5.75 Å². The highest BCUT2D eigenvalue weighted by molar-refractivity contribution is 6.39. The zero-order valence-electron chi connectivity index (χ0n) is 18.6. The number of ether oxygens (including phenoxy) is 1. The van der Waals surface area contributed by atoms with Gasteiger partial charge in [-0.25, -0.2) is 9.82 Å². The summed E-state index contributed by atoms with van der Waals surface area (Å²) in [6.07, 6.45) is 1.27. The lowest BCUT2D eigenvalue weighted by molar-refractivity contribution is -0.136. The minimum absolute atomic E-state index is 0.121. The molecule has 9 heteroatoms. The molecule has 3 amide bonds. The van der Waals surface area contributed by atoms with E-state index in [1.54, 1.807) is 24.3 Å². The number of halogens is 1. The van der Waals surface area contributed by atoms with Crippen LogP contribution in [0.15, 0.2) is 71.8 Å². The van der Waals surface area contributed by atoms with Crippen LogP contribution >= 0.6 is 0 Å². The number of nitrogens with zero attached hydrogens (tertiary/aromatic N) is 1. The topological polar surface area (TPSA) is 109 Å². The van der Waals surface area contributed by atoms with Crippen molar-refractivity contribution in [3.63, 3.8) is 0 Å². The molecule has 0 saturated heterocycles. The summed E-state index contributed by atoms with van der Waals surface area (Å²) in [5.74, 6) is -2.80. The molecule has 0 aliphatic rings. The number of aryl methyl sites for hydroxylation is 1. The molecule has 3 rings (SSSR count). The van der Waals surface area contributed by atoms with E-state index >= 15 is 0 Å². The standard InChI is InChI=1S/C25H23FN4O4/c1-16-8-7-12-20(17(16)2)28-23(31)15-34-22-13-6-3-9-18(22)14-27-30-25(33)24(32)29-21-11-5-4-10-19(21)26/h3-14H,15H2,1-2H3,(H,28,31)(H,29,32)(H,30,33)/b27-14-. The lowest BCUT2D eigenvalue weighted by Crippen LogP contribution is -2.32. The fourth-order valence-corrected chi connectivity index (χ4v) is 2.89. The van der Waals surface area contributed by atoms with Crippen molar-refractivity contribution in [2.75, 3.05) is 17.2 Å². The Morgan fingerprint density at radius 2 is 1.59 bits per heavy atom. The van der Waals surface area contributed by atoms with E-state index in [-0.39, 0.29) is 18.2 Å². The number of carbonyl (C=O) groups excluding carboxylic acids is 3. The quantitative estimate of drug-likeness (QED) is 0.283. The molecule has 3 aromatic rings. The minimum Gasteiger partial charge on any atom is -0.483 e. The summed E-state index contributed by atoms with van der Waals surface area (Å²) in [5.41, 5.74) is 5.16. The number of carbonyl (C=O) groups is 3. The summed E-state index contributed by atoms with van der Waals surface area (Å²) < 4.78 is 19.2. The van der Waals surface area contributed by atoms with Gasteiger partial charge in [0.2, 0.25) is 0 Å². The van der Waals surface area contributed by atoms with Gasteiger partial charge in [-0.1, -0.05) is 36.4 Å². The Hall–Kier alpha value is -4.53. The Labute approximate surface area is 195 Å². The molecule has 0 unspecified atom stereocenters. The third-order valence-corrected chi connectivity index (χ3v) is 4.85. The average Bonchev–Trinajstić information content (AvgIpc) is 2.82. The number of benzene rings is 3. The molecule has 0 aromatic heterocycles. The normalized spacial score (nSPS) is 10.6. The molecule has 0 saturated carbocycles. The second-order valence-electron chi connectivity index (χ2n) is 7.26. The first-order valence-electron chi connectivity index (χ1n) is 10.3. The van der Waals surface area contributed by atoms with Gasteiger partial charge in [0.1, 0.15) is 11.6 Å². The molecular weight excluding hydrogens is 439 g/mol. The van der Waals surface area contributed by atoms with Gasteiger partial charge in [0.15, 0.2) is 6.61 Å². The van der Waals surface area contributed by atoms with Gasteiger partial charge < -0.3 is 15.4 Å². The molecule has 0 fully saturated rings. The number of rotatable bonds is 7. The highest BCUT2D eigenvalue weighted by Crippen LogP contribution is 2.19. The maximum Gasteiger partial charge on any atom is 0.329 e. The Bertz CT molecular complexity index is 1240. The Morgan fingerprint density at radius 3 is 2.38 bits per heavy atom. The fourth-order valence-electron chi connectivity index (χ4n) is 2.89. The van der Waals surface area contributed by atoms with Gasteiger partial charge >= 0.3 is 11.8 Å². The maximum atomic E-state index is 13.6. The van der Waals surface area contributed by atoms with Gasteiger partial charge in [0, 0.05) is 11.3 Å². The summed E-state index contributed by atoms with van der Waals surface area (Å²) >= 11 is 0. The van der Waals surface area contributed by atoms with Crippen LogP contribution in [0.3, 0.4) is 0 Å². The lowest BCUT2D eigenvalue weighted by atomic mass is 10.1. The fraction of sp³-hybridized carbons (Fsp3) is 0.120. The summed E-state index contributed by atoms with van der Waals surface area (Å²) in [7, 11) is 0. The number of amides is 3. The predicted octanol–water partition coefficient (Wildman–Crippen LogP) is 3.55. The van der Waals surface area contributed by atoms with E-state index in [0.29, 0.717) is 17.0 Å². The van der Waals surface area contributed by atoms with Crippen molar-refractivity contribution < 1.29 is 23.5 Å². The van der Waals surface area contributed by atoms with Crippen LogP contribution < -0.4 is 20.8 Å². The molecule has 3 N–H and O–H groups in total. The Kier molecular flexibility index (Phi) is 8.07. The zero-order valence-corrected chi connectivity index (χ0v) is 18.6. The molecule has 0 aliphatic heterocycles. The van der Waals surface area contributed by atoms with E-state index < -0.39 is 17.6 Å². The second-order valence-corrected chi connectivity index (χ2v) is 7.26. The number of nitrogens with one attached hydrogen (secondary N) is 3. The summed E-state index contributed by atoms with van der Waals surface area (Å²) in [6.45, 7) is 3.64. The smallest absolute Gasteiger partial charge is 0.329 e. The van der Waals surface area contributed by atoms with E-state index in [9.17, 15) is 18.8 Å². The number of para-hydroxylation sites is 2. The molecule has 174 valence electrons. The molecule has 3 aromatic carbocycles. The van der Waals surface area contributed by atoms with Gasteiger partial charge in [0.25, 0.3) is 5.91 Å². The van der Waals surface area contributed by atoms with Crippen LogP contribution in [0.2, 0.25) is 0 Å². The molecule has 0 aliphatic carbocycles. The SMILES string of the molecule is Cc1cccc(NC(=O)COc2ccccc2/C=N\NC(=O)C(=O)Nc2ccccc2F)c1C. The van der Waals surface area contributed by atoms with Gasteiger partial charge in [-0.3, -0.25) is 14.4 Å². The molecular formula is C25H23FN4O4. The van der Waals surface area contributed by atoms with Crippen molar-refractivity contribution in [3.8, 4) is 5.75 Å². The highest BCUT2D eigenvalue weighted by Gasteiger charge is 2.15. The first-order valence-corrected chi connectivity index (χ1v) is 10.3. The lowest BCUT2D eigenvalue weighted by Gasteiger charge is -2.12. The van der Waals surface area contributed by atoms with E-state index in [2.05, 4.69) is 21.2 Å². The van der Waals surface area contributed by atoms with Gasteiger partial charge in [-0.15, -0.1) is 0 Å². The van der Waals surface area contributed by atoms with Crippen LogP contribution in [0.1, 0.15) is 16.7 Å². The van der Waals surface area contributed by atoms with Crippen LogP contribution in [-0.4, -0.2) is 30.5 Å². The van der Waals surface area contributed by atoms with Crippen molar-refractivity contribution >= 4 is 35.3 Å². The third-order valence-electron chi connectivity index (χ3n) is 4.85. The summed E-state index contributed by atoms with van der Waals surface area (Å²) in [4.78, 5) is 36.2. The van der Waals surface area contributed by atoms with Crippen molar-refractivity contribution in [3.05, 3.63) is 89.2 Å². The van der Waals surface area contributed by atoms with Crippen molar-refractivity contribution in [1.29, 1.82) is 0 Å². The van der Waals surface area contributed by atoms with E-state index in [4.69, 9.17) is 4.74 Å². The minimum atomic E-state index is -1.08. The third kappa shape index (κ3) is 6.49. The number of anilines is 2. The number of hydrogen-bond acceptors (Lipinski definition) is 5. The molecule has 0 spiro atoms. The Morgan fingerprint density at radius 1 is 0.882 bits per heavy atom. The predicted molar refractivity (Wildman–Crippen MR) is 127 cm³/mol. The van der Waals surface area contributed by atoms with E-state index in [1.165, 1.54) is 24.4 Å². The van der Waals surface area contributed by atoms with Gasteiger partial charge in [-0.2, -0.15) is 5.10 Å². The molecule has 34 heavy (non-hydrogen) atoms. The van der Waals surface area contributed by atoms with Crippen LogP contribution in [0, 0.1) is 19.7 Å². The van der Waals surface area contributed by atoms with Crippen molar-refractivity contribution in [1.82, 2.24) is 5.43 Å². The molecule has 0 atom stereocenters. The number of hydrazone groups is 1. The monoisotopic (exact) mass is 462 g/mol. The van der Waals surface area contributed by atoms with Crippen molar-refractivity contribution in [2.24, 2.45) is 5.10 Å². The maximum absolute atomic E-state index is 13.6. The summed E-state index contributed by atoms with van der Waals surface area (Å²) in [5, 5.41) is 8.71. The van der Waals surface area contributed by atoms with E-state index in [0.717, 1.165) is 17.2 Å². The first kappa shape index (κ1) is 24.1. The van der Waals surface area contributed by atoms with Crippen LogP contribution in [0.25, 0.3) is 0 Å². The summed E-state index contributed by atoms with van der Waals surface area (Å²) in [6, 6.07) is 17.8. The molecule has 0 bridgehead atoms. The van der Waals surface area contributed by atoms with Gasteiger partial charge in [-0.05, 0) is 55.3 Å². The largest absolute Gasteiger partial charge is 0.483 e. The molecule has 8 nitrogen and oxygen atoms in total. The van der Waals surface area contributed by atoms with E-state index in [1.807, 2.05) is 32.0 Å². The first-order chi connectivity index (χ1) is 16.3. The zero-order chi connectivity index (χ0) is 24.5. The Balaban J connectivity index is 1.55. The van der Waals surface area contributed by atoms with Gasteiger partial charge in [0.05, 0.1) is 11.9 Å². The van der Waals surface area contributed by atoms with Crippen LogP contribution in [0.4, 0.5) is 15.8 Å². The molecule has 0 heterocycles. The highest BCUT2D eigenvalue weighted by atomic mass is 19.1. The average molecular weight is 462 g/mol. The van der Waals surface area contributed by atoms with Crippen LogP contribution in [-0.2, 0) is 14.4 Å². The van der Waals surface area contributed by atoms with Crippen molar-refractivity contribution in [2.45, 2.75) is 13.8 Å². The number of hydrogen-bond donors (Lipinski definition) is 3. The molecule has 0 radical (unpaired) electrons.